The summed E-state index contributed by atoms with van der Waals surface area (Å²) in [5.41, 5.74) is 1.65. The number of hydrogen-bond donors (Lipinski definition) is 2. The number of rotatable bonds is 11. The molecule has 8 heteroatoms. The number of H-pyrrole nitrogens is 1. The lowest BCUT2D eigenvalue weighted by Crippen LogP contribution is -2.38. The van der Waals surface area contributed by atoms with E-state index >= 15 is 0 Å². The Kier molecular flexibility index (Phi) is 8.17. The molecule has 0 aliphatic rings. The molecule has 2 heterocycles. The first-order valence-corrected chi connectivity index (χ1v) is 12.5. The van der Waals surface area contributed by atoms with Crippen LogP contribution in [0.4, 0.5) is 0 Å². The summed E-state index contributed by atoms with van der Waals surface area (Å²) in [5, 5.41) is 13.2. The summed E-state index contributed by atoms with van der Waals surface area (Å²) >= 11 is 1.46. The first-order chi connectivity index (χ1) is 16.9. The molecule has 2 aromatic carbocycles. The highest BCUT2D eigenvalue weighted by molar-refractivity contribution is 7.17. The Balaban J connectivity index is 1.49. The van der Waals surface area contributed by atoms with Gasteiger partial charge < -0.3 is 19.6 Å². The first-order valence-electron chi connectivity index (χ1n) is 11.7. The highest BCUT2D eigenvalue weighted by Gasteiger charge is 2.18. The fourth-order valence-electron chi connectivity index (χ4n) is 4.04. The number of nitrogens with zero attached hydrogens (tertiary/aromatic N) is 2. The van der Waals surface area contributed by atoms with Crippen molar-refractivity contribution in [2.24, 2.45) is 5.92 Å². The Morgan fingerprint density at radius 1 is 1.06 bits per heavy atom. The lowest BCUT2D eigenvalue weighted by Gasteiger charge is -2.26. The summed E-state index contributed by atoms with van der Waals surface area (Å²) in [4.78, 5) is 23.6. The van der Waals surface area contributed by atoms with Crippen LogP contribution >= 0.6 is 11.3 Å². The van der Waals surface area contributed by atoms with E-state index in [1.807, 2.05) is 60.0 Å². The molecule has 7 nitrogen and oxygen atoms in total. The molecule has 2 aromatic heterocycles. The molecule has 0 fully saturated rings. The van der Waals surface area contributed by atoms with Gasteiger partial charge in [-0.15, -0.1) is 11.3 Å². The molecule has 0 spiro atoms. The van der Waals surface area contributed by atoms with E-state index in [0.29, 0.717) is 35.0 Å². The monoisotopic (exact) mass is 493 g/mol. The van der Waals surface area contributed by atoms with Crippen LogP contribution in [0.15, 0.2) is 64.8 Å². The number of nitrogens with one attached hydrogen (secondary N) is 1. The normalized spacial score (nSPS) is 12.4. The Morgan fingerprint density at radius 3 is 2.49 bits per heavy atom. The standard InChI is InChI=1S/C27H31N3O4S/c1-18(2)13-30(14-20(31)16-34-22-7-5-4-6-8-22)15-24-28-26(32)25-23(17-35-27(25)29-24)19-9-11-21(33-3)12-10-19/h4-12,17-18,20,31H,13-16H2,1-3H3,(H,28,29,32)/t20-/m1/s1. The summed E-state index contributed by atoms with van der Waals surface area (Å²) < 4.78 is 10.9. The second-order valence-corrected chi connectivity index (χ2v) is 9.79. The summed E-state index contributed by atoms with van der Waals surface area (Å²) in [5.74, 6) is 2.46. The summed E-state index contributed by atoms with van der Waals surface area (Å²) in [6.45, 7) is 6.04. The van der Waals surface area contributed by atoms with Crippen molar-refractivity contribution in [3.63, 3.8) is 0 Å². The average Bonchev–Trinajstić information content (AvgIpc) is 3.27. The molecule has 184 valence electrons. The summed E-state index contributed by atoms with van der Waals surface area (Å²) in [6, 6.07) is 17.1. The van der Waals surface area contributed by atoms with Gasteiger partial charge in [0.1, 0.15) is 34.9 Å². The number of para-hydroxylation sites is 1. The molecular formula is C27H31N3O4S. The number of hydrogen-bond acceptors (Lipinski definition) is 7. The van der Waals surface area contributed by atoms with Gasteiger partial charge in [-0.3, -0.25) is 9.69 Å². The first kappa shape index (κ1) is 24.9. The van der Waals surface area contributed by atoms with Crippen LogP contribution < -0.4 is 15.0 Å². The second kappa shape index (κ2) is 11.5. The van der Waals surface area contributed by atoms with E-state index in [2.05, 4.69) is 23.7 Å². The molecule has 0 radical (unpaired) electrons. The number of aromatic nitrogens is 2. The zero-order chi connectivity index (χ0) is 24.8. The lowest BCUT2D eigenvalue weighted by molar-refractivity contribution is 0.0606. The molecule has 0 saturated heterocycles. The van der Waals surface area contributed by atoms with Crippen molar-refractivity contribution in [1.82, 2.24) is 14.9 Å². The number of ether oxygens (including phenoxy) is 2. The van der Waals surface area contributed by atoms with Gasteiger partial charge in [-0.25, -0.2) is 4.98 Å². The topological polar surface area (TPSA) is 87.7 Å². The van der Waals surface area contributed by atoms with Gasteiger partial charge in [0.25, 0.3) is 5.56 Å². The molecule has 0 aliphatic heterocycles. The van der Waals surface area contributed by atoms with E-state index < -0.39 is 6.10 Å². The van der Waals surface area contributed by atoms with E-state index in [1.165, 1.54) is 11.3 Å². The van der Waals surface area contributed by atoms with E-state index in [4.69, 9.17) is 14.5 Å². The number of benzene rings is 2. The SMILES string of the molecule is COc1ccc(-c2csc3nc(CN(CC(C)C)C[C@@H](O)COc4ccccc4)[nH]c(=O)c23)cc1. The number of methoxy groups -OCH3 is 1. The number of aliphatic hydroxyl groups excluding tert-OH is 1. The maximum absolute atomic E-state index is 13.1. The predicted molar refractivity (Wildman–Crippen MR) is 140 cm³/mol. The molecule has 0 amide bonds. The quantitative estimate of drug-likeness (QED) is 0.319. The number of fused-ring (bicyclic) bond motifs is 1. The molecule has 4 aromatic rings. The van der Waals surface area contributed by atoms with Crippen molar-refractivity contribution in [1.29, 1.82) is 0 Å². The van der Waals surface area contributed by atoms with Crippen molar-refractivity contribution >= 4 is 21.6 Å². The van der Waals surface area contributed by atoms with Crippen LogP contribution in [0.1, 0.15) is 19.7 Å². The van der Waals surface area contributed by atoms with Crippen molar-refractivity contribution in [3.05, 3.63) is 76.2 Å². The largest absolute Gasteiger partial charge is 0.497 e. The van der Waals surface area contributed by atoms with Crippen LogP contribution in [0.5, 0.6) is 11.5 Å². The third-order valence-electron chi connectivity index (χ3n) is 5.55. The van der Waals surface area contributed by atoms with E-state index in [1.54, 1.807) is 7.11 Å². The third-order valence-corrected chi connectivity index (χ3v) is 6.42. The predicted octanol–water partition coefficient (Wildman–Crippen LogP) is 4.56. The molecule has 2 N–H and O–H groups in total. The Hall–Kier alpha value is -3.20. The van der Waals surface area contributed by atoms with Crippen LogP contribution in [-0.2, 0) is 6.54 Å². The molecule has 0 aliphatic carbocycles. The number of aromatic amines is 1. The fraction of sp³-hybridized carbons (Fsp3) is 0.333. The lowest BCUT2D eigenvalue weighted by atomic mass is 10.1. The van der Waals surface area contributed by atoms with Gasteiger partial charge in [0.15, 0.2) is 0 Å². The maximum Gasteiger partial charge on any atom is 0.260 e. The van der Waals surface area contributed by atoms with Gasteiger partial charge in [0.05, 0.1) is 19.0 Å². The molecular weight excluding hydrogens is 462 g/mol. The smallest absolute Gasteiger partial charge is 0.260 e. The summed E-state index contributed by atoms with van der Waals surface area (Å²) in [7, 11) is 1.63. The van der Waals surface area contributed by atoms with Gasteiger partial charge in [-0.2, -0.15) is 0 Å². The highest BCUT2D eigenvalue weighted by atomic mass is 32.1. The van der Waals surface area contributed by atoms with Gasteiger partial charge in [0, 0.05) is 24.0 Å². The molecule has 35 heavy (non-hydrogen) atoms. The zero-order valence-electron chi connectivity index (χ0n) is 20.2. The maximum atomic E-state index is 13.1. The molecule has 4 rings (SSSR count). The molecule has 1 atom stereocenters. The van der Waals surface area contributed by atoms with Gasteiger partial charge in [-0.1, -0.05) is 44.2 Å². The van der Waals surface area contributed by atoms with Crippen molar-refractivity contribution in [3.8, 4) is 22.6 Å². The minimum Gasteiger partial charge on any atom is -0.497 e. The summed E-state index contributed by atoms with van der Waals surface area (Å²) in [6.07, 6.45) is -0.673. The zero-order valence-corrected chi connectivity index (χ0v) is 21.0. The Morgan fingerprint density at radius 2 is 1.80 bits per heavy atom. The molecule has 0 bridgehead atoms. The van der Waals surface area contributed by atoms with Crippen LogP contribution in [0.3, 0.4) is 0 Å². The van der Waals surface area contributed by atoms with E-state index in [9.17, 15) is 9.90 Å². The minimum atomic E-state index is -0.673. The van der Waals surface area contributed by atoms with E-state index in [-0.39, 0.29) is 12.2 Å². The number of thiophene rings is 1. The van der Waals surface area contributed by atoms with Crippen molar-refractivity contribution in [2.75, 3.05) is 26.8 Å². The second-order valence-electron chi connectivity index (χ2n) is 8.94. The molecule has 0 saturated carbocycles. The number of aliphatic hydroxyl groups is 1. The van der Waals surface area contributed by atoms with Crippen molar-refractivity contribution in [2.45, 2.75) is 26.5 Å². The molecule has 0 unspecified atom stereocenters. The fourth-order valence-corrected chi connectivity index (χ4v) is 5.01. The minimum absolute atomic E-state index is 0.158. The van der Waals surface area contributed by atoms with Crippen LogP contribution in [-0.4, -0.2) is 52.9 Å². The van der Waals surface area contributed by atoms with Gasteiger partial charge >= 0.3 is 0 Å². The van der Waals surface area contributed by atoms with Gasteiger partial charge in [0.2, 0.25) is 0 Å². The highest BCUT2D eigenvalue weighted by Crippen LogP contribution is 2.31. The Labute approximate surface area is 209 Å². The van der Waals surface area contributed by atoms with Gasteiger partial charge in [-0.05, 0) is 35.7 Å². The third kappa shape index (κ3) is 6.48. The van der Waals surface area contributed by atoms with Crippen LogP contribution in [0, 0.1) is 5.92 Å². The van der Waals surface area contributed by atoms with E-state index in [0.717, 1.165) is 29.2 Å². The van der Waals surface area contributed by atoms with Crippen LogP contribution in [0.25, 0.3) is 21.3 Å². The van der Waals surface area contributed by atoms with Crippen molar-refractivity contribution < 1.29 is 14.6 Å². The average molecular weight is 494 g/mol. The Bertz CT molecular complexity index is 1290. The van der Waals surface area contributed by atoms with Crippen LogP contribution in [0.2, 0.25) is 0 Å².